The highest BCUT2D eigenvalue weighted by Gasteiger charge is 2.29. The maximum atomic E-state index is 12.8. The Morgan fingerprint density at radius 3 is 2.69 bits per heavy atom. The van der Waals surface area contributed by atoms with Crippen LogP contribution >= 0.6 is 23.7 Å². The number of alkyl halides is 2. The van der Waals surface area contributed by atoms with Gasteiger partial charge in [0.15, 0.2) is 0 Å². The van der Waals surface area contributed by atoms with Gasteiger partial charge in [0.05, 0.1) is 4.88 Å². The van der Waals surface area contributed by atoms with E-state index < -0.39 is 6.61 Å². The number of amides is 1. The lowest BCUT2D eigenvalue weighted by atomic mass is 10.2. The molecule has 0 saturated carbocycles. The summed E-state index contributed by atoms with van der Waals surface area (Å²) in [5, 5.41) is 3.14. The summed E-state index contributed by atoms with van der Waals surface area (Å²) in [5.74, 6) is 0.185. The molecule has 1 aliphatic rings. The van der Waals surface area contributed by atoms with Gasteiger partial charge in [0.25, 0.3) is 5.91 Å². The molecule has 142 valence electrons. The number of hydrogen-bond acceptors (Lipinski definition) is 4. The molecule has 3 rings (SSSR count). The zero-order valence-electron chi connectivity index (χ0n) is 14.3. The molecule has 0 aliphatic carbocycles. The number of nitrogens with one attached hydrogen (secondary N) is 1. The lowest BCUT2D eigenvalue weighted by Gasteiger charge is -2.23. The van der Waals surface area contributed by atoms with Crippen LogP contribution in [-0.2, 0) is 0 Å². The molecule has 1 aromatic heterocycles. The predicted molar refractivity (Wildman–Crippen MR) is 102 cm³/mol. The Labute approximate surface area is 161 Å². The summed E-state index contributed by atoms with van der Waals surface area (Å²) in [6.07, 6.45) is 2.05. The van der Waals surface area contributed by atoms with Gasteiger partial charge in [0, 0.05) is 24.0 Å². The molecular weight excluding hydrogens is 382 g/mol. The van der Waals surface area contributed by atoms with Crippen LogP contribution in [-0.4, -0.2) is 43.6 Å². The van der Waals surface area contributed by atoms with E-state index in [1.807, 2.05) is 24.1 Å². The van der Waals surface area contributed by atoms with Crippen LogP contribution in [0.1, 0.15) is 22.5 Å². The zero-order valence-corrected chi connectivity index (χ0v) is 15.9. The second-order valence-corrected chi connectivity index (χ2v) is 7.00. The summed E-state index contributed by atoms with van der Waals surface area (Å²) in [6.45, 7) is -1.24. The van der Waals surface area contributed by atoms with E-state index in [0.717, 1.165) is 36.4 Å². The molecule has 26 heavy (non-hydrogen) atoms. The van der Waals surface area contributed by atoms with Crippen LogP contribution in [0.2, 0.25) is 0 Å². The van der Waals surface area contributed by atoms with E-state index in [9.17, 15) is 13.6 Å². The molecule has 0 spiro atoms. The van der Waals surface area contributed by atoms with Crippen LogP contribution in [0.3, 0.4) is 0 Å². The lowest BCUT2D eigenvalue weighted by molar-refractivity contribution is -0.0498. The van der Waals surface area contributed by atoms with E-state index in [4.69, 9.17) is 0 Å². The standard InChI is InChI=1S/C18H20F2N2O2S.ClH/c1-21-11-13-3-2-10-22(13)17(23)16-9-8-15(25-16)12-4-6-14(7-5-12)24-18(19)20;/h4-9,13,18,21H,2-3,10-11H2,1H3;1H. The molecule has 1 aromatic carbocycles. The van der Waals surface area contributed by atoms with Gasteiger partial charge in [-0.15, -0.1) is 23.7 Å². The number of carbonyl (C=O) groups is 1. The molecule has 2 aromatic rings. The number of ether oxygens (including phenoxy) is 1. The van der Waals surface area contributed by atoms with Gasteiger partial charge in [-0.25, -0.2) is 0 Å². The monoisotopic (exact) mass is 402 g/mol. The van der Waals surface area contributed by atoms with Gasteiger partial charge in [0.1, 0.15) is 5.75 Å². The molecule has 1 N–H and O–H groups in total. The van der Waals surface area contributed by atoms with E-state index in [1.54, 1.807) is 12.1 Å². The molecule has 1 fully saturated rings. The zero-order chi connectivity index (χ0) is 17.8. The Bertz CT molecular complexity index is 724. The fraction of sp³-hybridized carbons (Fsp3) is 0.389. The average Bonchev–Trinajstić information content (AvgIpc) is 3.24. The van der Waals surface area contributed by atoms with E-state index in [-0.39, 0.29) is 30.1 Å². The SMILES string of the molecule is CNCC1CCCN1C(=O)c1ccc(-c2ccc(OC(F)F)cc2)s1.Cl. The number of likely N-dealkylation sites (tertiary alicyclic amines) is 1. The van der Waals surface area contributed by atoms with Crippen LogP contribution in [0, 0.1) is 0 Å². The number of hydrogen-bond donors (Lipinski definition) is 1. The van der Waals surface area contributed by atoms with E-state index in [0.29, 0.717) is 4.88 Å². The summed E-state index contributed by atoms with van der Waals surface area (Å²) < 4.78 is 28.8. The van der Waals surface area contributed by atoms with Gasteiger partial charge < -0.3 is 15.0 Å². The number of likely N-dealkylation sites (N-methyl/N-ethyl adjacent to an activating group) is 1. The third-order valence-electron chi connectivity index (χ3n) is 4.26. The first-order chi connectivity index (χ1) is 12.1. The Balaban J connectivity index is 0.00000243. The maximum absolute atomic E-state index is 12.8. The largest absolute Gasteiger partial charge is 0.435 e. The second kappa shape index (κ2) is 9.30. The molecule has 8 heteroatoms. The minimum absolute atomic E-state index is 0. The van der Waals surface area contributed by atoms with Crippen LogP contribution in [0.25, 0.3) is 10.4 Å². The van der Waals surface area contributed by atoms with Crippen LogP contribution in [0.15, 0.2) is 36.4 Å². The van der Waals surface area contributed by atoms with Crippen LogP contribution in [0.4, 0.5) is 8.78 Å². The van der Waals surface area contributed by atoms with Crippen molar-refractivity contribution in [3.05, 3.63) is 41.3 Å². The molecule has 0 radical (unpaired) electrons. The van der Waals surface area contributed by atoms with Crippen molar-refractivity contribution in [3.8, 4) is 16.2 Å². The smallest absolute Gasteiger partial charge is 0.387 e. The number of carbonyl (C=O) groups excluding carboxylic acids is 1. The summed E-state index contributed by atoms with van der Waals surface area (Å²) in [6, 6.07) is 10.4. The number of nitrogens with zero attached hydrogens (tertiary/aromatic N) is 1. The number of rotatable bonds is 6. The molecule has 1 amide bonds. The molecule has 2 heterocycles. The minimum atomic E-state index is -2.83. The van der Waals surface area contributed by atoms with Gasteiger partial charge in [0.2, 0.25) is 0 Å². The summed E-state index contributed by atoms with van der Waals surface area (Å²) >= 11 is 1.42. The predicted octanol–water partition coefficient (Wildman–Crippen LogP) is 4.26. The first kappa shape index (κ1) is 20.6. The highest BCUT2D eigenvalue weighted by atomic mass is 35.5. The van der Waals surface area contributed by atoms with Crippen molar-refractivity contribution in [1.29, 1.82) is 0 Å². The van der Waals surface area contributed by atoms with E-state index in [1.165, 1.54) is 23.5 Å². The summed E-state index contributed by atoms with van der Waals surface area (Å²) in [7, 11) is 1.89. The maximum Gasteiger partial charge on any atom is 0.387 e. The van der Waals surface area contributed by atoms with Crippen molar-refractivity contribution >= 4 is 29.7 Å². The highest BCUT2D eigenvalue weighted by molar-refractivity contribution is 7.17. The summed E-state index contributed by atoms with van der Waals surface area (Å²) in [5.41, 5.74) is 0.874. The lowest BCUT2D eigenvalue weighted by Crippen LogP contribution is -2.40. The van der Waals surface area contributed by atoms with Crippen LogP contribution in [0.5, 0.6) is 5.75 Å². The molecular formula is C18H21ClF2N2O2S. The normalized spacial score (nSPS) is 16.6. The topological polar surface area (TPSA) is 41.6 Å². The first-order valence-electron chi connectivity index (χ1n) is 8.19. The molecule has 1 aliphatic heterocycles. The quantitative estimate of drug-likeness (QED) is 0.784. The second-order valence-electron chi connectivity index (χ2n) is 5.92. The van der Waals surface area contributed by atoms with Gasteiger partial charge in [-0.05, 0) is 61.9 Å². The molecule has 1 saturated heterocycles. The van der Waals surface area contributed by atoms with Gasteiger partial charge in [-0.3, -0.25) is 4.79 Å². The van der Waals surface area contributed by atoms with Gasteiger partial charge in [-0.2, -0.15) is 8.78 Å². The Morgan fingerprint density at radius 1 is 1.31 bits per heavy atom. The highest BCUT2D eigenvalue weighted by Crippen LogP contribution is 2.31. The van der Waals surface area contributed by atoms with Crippen molar-refractivity contribution in [2.75, 3.05) is 20.1 Å². The van der Waals surface area contributed by atoms with Crippen molar-refractivity contribution < 1.29 is 18.3 Å². The Kier molecular flexibility index (Phi) is 7.37. The summed E-state index contributed by atoms with van der Waals surface area (Å²) in [4.78, 5) is 16.3. The molecule has 0 bridgehead atoms. The molecule has 1 unspecified atom stereocenters. The molecule has 4 nitrogen and oxygen atoms in total. The number of halogens is 3. The fourth-order valence-electron chi connectivity index (χ4n) is 3.10. The molecule has 1 atom stereocenters. The Hall–Kier alpha value is -1.70. The third kappa shape index (κ3) is 4.72. The van der Waals surface area contributed by atoms with Gasteiger partial charge >= 0.3 is 6.61 Å². The average molecular weight is 403 g/mol. The van der Waals surface area contributed by atoms with Crippen LogP contribution < -0.4 is 10.1 Å². The van der Waals surface area contributed by atoms with Crippen molar-refractivity contribution in [2.24, 2.45) is 0 Å². The van der Waals surface area contributed by atoms with E-state index >= 15 is 0 Å². The van der Waals surface area contributed by atoms with Crippen molar-refractivity contribution in [1.82, 2.24) is 10.2 Å². The first-order valence-corrected chi connectivity index (χ1v) is 9.01. The minimum Gasteiger partial charge on any atom is -0.435 e. The van der Waals surface area contributed by atoms with Gasteiger partial charge in [-0.1, -0.05) is 0 Å². The van der Waals surface area contributed by atoms with Crippen molar-refractivity contribution in [2.45, 2.75) is 25.5 Å². The number of benzene rings is 1. The van der Waals surface area contributed by atoms with E-state index in [2.05, 4.69) is 10.1 Å². The fourth-order valence-corrected chi connectivity index (χ4v) is 4.07. The third-order valence-corrected chi connectivity index (χ3v) is 5.38. The van der Waals surface area contributed by atoms with Crippen molar-refractivity contribution in [3.63, 3.8) is 0 Å². The Morgan fingerprint density at radius 2 is 2.04 bits per heavy atom. The number of thiophene rings is 1.